The van der Waals surface area contributed by atoms with Crippen LogP contribution in [0.3, 0.4) is 0 Å². The highest BCUT2D eigenvalue weighted by Crippen LogP contribution is 1.97. The van der Waals surface area contributed by atoms with E-state index in [4.69, 9.17) is 10.8 Å². The lowest BCUT2D eigenvalue weighted by atomic mass is 10.1. The average molecular weight is 240 g/mol. The molecule has 0 fully saturated rings. The van der Waals surface area contributed by atoms with Crippen molar-refractivity contribution in [1.29, 1.82) is 0 Å². The molecule has 0 aromatic carbocycles. The molecule has 0 spiro atoms. The van der Waals surface area contributed by atoms with Crippen molar-refractivity contribution in [3.05, 3.63) is 18.2 Å². The van der Waals surface area contributed by atoms with E-state index in [9.17, 15) is 9.59 Å². The van der Waals surface area contributed by atoms with E-state index >= 15 is 0 Å². The number of nitrogens with two attached hydrogens (primary N) is 1. The van der Waals surface area contributed by atoms with Crippen molar-refractivity contribution < 1.29 is 14.7 Å². The molecule has 1 amide bonds. The van der Waals surface area contributed by atoms with E-state index in [0.29, 0.717) is 6.54 Å². The Balaban J connectivity index is 2.24. The number of rotatable bonds is 6. The maximum absolute atomic E-state index is 11.4. The van der Waals surface area contributed by atoms with Crippen LogP contribution in [0.4, 0.5) is 0 Å². The van der Waals surface area contributed by atoms with Crippen molar-refractivity contribution in [3.63, 3.8) is 0 Å². The molecule has 4 N–H and O–H groups in total. The molecule has 1 aromatic heterocycles. The number of carbonyl (C=O) groups excluding carboxylic acids is 1. The van der Waals surface area contributed by atoms with Gasteiger partial charge in [-0.3, -0.25) is 9.59 Å². The molecule has 0 aliphatic heterocycles. The smallest absolute Gasteiger partial charge is 0.320 e. The third kappa shape index (κ3) is 4.64. The Morgan fingerprint density at radius 1 is 1.65 bits per heavy atom. The van der Waals surface area contributed by atoms with E-state index in [2.05, 4.69) is 10.3 Å². The summed E-state index contributed by atoms with van der Waals surface area (Å²) in [5, 5.41) is 11.2. The summed E-state index contributed by atoms with van der Waals surface area (Å²) < 4.78 is 1.78. The zero-order chi connectivity index (χ0) is 12.8. The molecule has 0 bridgehead atoms. The second-order valence-electron chi connectivity index (χ2n) is 3.79. The topological polar surface area (TPSA) is 110 Å². The average Bonchev–Trinajstić information content (AvgIpc) is 2.69. The number of carbonyl (C=O) groups is 2. The second kappa shape index (κ2) is 6.00. The van der Waals surface area contributed by atoms with E-state index in [1.165, 1.54) is 0 Å². The van der Waals surface area contributed by atoms with Crippen LogP contribution < -0.4 is 11.1 Å². The molecular formula is C10H16N4O3. The van der Waals surface area contributed by atoms with E-state index in [-0.39, 0.29) is 18.7 Å². The number of nitrogens with zero attached hydrogens (tertiary/aromatic N) is 2. The fraction of sp³-hybridized carbons (Fsp3) is 0.500. The maximum Gasteiger partial charge on any atom is 0.320 e. The SMILES string of the molecule is Cn1cnc(CNC(=O)CCC(N)C(=O)O)c1. The molecule has 1 unspecified atom stereocenters. The summed E-state index contributed by atoms with van der Waals surface area (Å²) in [5.41, 5.74) is 6.03. The Labute approximate surface area is 98.6 Å². The Hall–Kier alpha value is -1.89. The number of hydrogen-bond donors (Lipinski definition) is 3. The Kier molecular flexibility index (Phi) is 4.65. The van der Waals surface area contributed by atoms with Crippen molar-refractivity contribution >= 4 is 11.9 Å². The van der Waals surface area contributed by atoms with E-state index in [1.807, 2.05) is 7.05 Å². The van der Waals surface area contributed by atoms with Gasteiger partial charge in [0, 0.05) is 19.7 Å². The molecule has 17 heavy (non-hydrogen) atoms. The zero-order valence-electron chi connectivity index (χ0n) is 9.59. The summed E-state index contributed by atoms with van der Waals surface area (Å²) in [6.45, 7) is 0.335. The monoisotopic (exact) mass is 240 g/mol. The summed E-state index contributed by atoms with van der Waals surface area (Å²) in [5.74, 6) is -1.32. The van der Waals surface area contributed by atoms with Crippen LogP contribution in [0.5, 0.6) is 0 Å². The van der Waals surface area contributed by atoms with E-state index < -0.39 is 12.0 Å². The van der Waals surface area contributed by atoms with Crippen molar-refractivity contribution in [3.8, 4) is 0 Å². The zero-order valence-corrected chi connectivity index (χ0v) is 9.59. The number of carboxylic acid groups (broad SMARTS) is 1. The maximum atomic E-state index is 11.4. The van der Waals surface area contributed by atoms with Gasteiger partial charge >= 0.3 is 5.97 Å². The van der Waals surface area contributed by atoms with E-state index in [1.54, 1.807) is 17.1 Å². The standard InChI is InChI=1S/C10H16N4O3/c1-14-5-7(13-6-14)4-12-9(15)3-2-8(11)10(16)17/h5-6,8H,2-4,11H2,1H3,(H,12,15)(H,16,17). The van der Waals surface area contributed by atoms with Gasteiger partial charge in [0.25, 0.3) is 0 Å². The highest BCUT2D eigenvalue weighted by atomic mass is 16.4. The first-order valence-electron chi connectivity index (χ1n) is 5.21. The third-order valence-electron chi connectivity index (χ3n) is 2.22. The molecule has 0 saturated carbocycles. The number of hydrogen-bond acceptors (Lipinski definition) is 4. The van der Waals surface area contributed by atoms with Crippen LogP contribution in [-0.4, -0.2) is 32.6 Å². The van der Waals surface area contributed by atoms with Gasteiger partial charge in [0.1, 0.15) is 6.04 Å². The molecule has 1 rings (SSSR count). The van der Waals surface area contributed by atoms with Crippen molar-refractivity contribution in [2.75, 3.05) is 0 Å². The molecule has 1 aromatic rings. The van der Waals surface area contributed by atoms with E-state index in [0.717, 1.165) is 5.69 Å². The number of imidazole rings is 1. The fourth-order valence-corrected chi connectivity index (χ4v) is 1.25. The lowest BCUT2D eigenvalue weighted by molar-refractivity contribution is -0.138. The Morgan fingerprint density at radius 3 is 2.88 bits per heavy atom. The summed E-state index contributed by atoms with van der Waals surface area (Å²) in [4.78, 5) is 25.8. The van der Waals surface area contributed by atoms with Gasteiger partial charge in [0.05, 0.1) is 18.6 Å². The van der Waals surface area contributed by atoms with Gasteiger partial charge in [-0.05, 0) is 6.42 Å². The quantitative estimate of drug-likeness (QED) is 0.604. The first-order chi connectivity index (χ1) is 7.99. The number of amides is 1. The second-order valence-corrected chi connectivity index (χ2v) is 3.79. The molecule has 1 atom stereocenters. The number of aliphatic carboxylic acids is 1. The van der Waals surface area contributed by atoms with Gasteiger partial charge in [-0.2, -0.15) is 0 Å². The predicted molar refractivity (Wildman–Crippen MR) is 59.9 cm³/mol. The number of aryl methyl sites for hydroxylation is 1. The van der Waals surface area contributed by atoms with Crippen LogP contribution in [0.2, 0.25) is 0 Å². The molecule has 0 saturated heterocycles. The molecular weight excluding hydrogens is 224 g/mol. The first-order valence-corrected chi connectivity index (χ1v) is 5.21. The molecule has 0 aliphatic carbocycles. The first kappa shape index (κ1) is 13.2. The Bertz CT molecular complexity index is 402. The minimum Gasteiger partial charge on any atom is -0.480 e. The predicted octanol–water partition coefficient (Wildman–Crippen LogP) is -0.772. The van der Waals surface area contributed by atoms with Gasteiger partial charge in [0.2, 0.25) is 5.91 Å². The van der Waals surface area contributed by atoms with Crippen molar-refractivity contribution in [2.24, 2.45) is 12.8 Å². The molecule has 0 radical (unpaired) electrons. The van der Waals surface area contributed by atoms with Crippen LogP contribution in [0.1, 0.15) is 18.5 Å². The number of aromatic nitrogens is 2. The lowest BCUT2D eigenvalue weighted by Gasteiger charge is -2.06. The summed E-state index contributed by atoms with van der Waals surface area (Å²) in [6, 6.07) is -0.990. The third-order valence-corrected chi connectivity index (χ3v) is 2.22. The van der Waals surface area contributed by atoms with Crippen molar-refractivity contribution in [2.45, 2.75) is 25.4 Å². The van der Waals surface area contributed by atoms with Gasteiger partial charge < -0.3 is 20.7 Å². The number of carboxylic acids is 1. The van der Waals surface area contributed by atoms with Gasteiger partial charge in [0.15, 0.2) is 0 Å². The van der Waals surface area contributed by atoms with Gasteiger partial charge in [-0.1, -0.05) is 0 Å². The minimum absolute atomic E-state index is 0.0975. The lowest BCUT2D eigenvalue weighted by Crippen LogP contribution is -2.32. The highest BCUT2D eigenvalue weighted by Gasteiger charge is 2.13. The highest BCUT2D eigenvalue weighted by molar-refractivity contribution is 5.78. The summed E-state index contributed by atoms with van der Waals surface area (Å²) in [6.07, 6.45) is 3.66. The molecule has 7 nitrogen and oxygen atoms in total. The number of nitrogens with one attached hydrogen (secondary N) is 1. The normalized spacial score (nSPS) is 12.1. The molecule has 7 heteroatoms. The molecule has 1 heterocycles. The van der Waals surface area contributed by atoms with Crippen LogP contribution in [0.15, 0.2) is 12.5 Å². The van der Waals surface area contributed by atoms with Gasteiger partial charge in [-0.15, -0.1) is 0 Å². The largest absolute Gasteiger partial charge is 0.480 e. The Morgan fingerprint density at radius 2 is 2.35 bits per heavy atom. The summed E-state index contributed by atoms with van der Waals surface area (Å²) in [7, 11) is 1.84. The molecule has 0 aliphatic rings. The van der Waals surface area contributed by atoms with Crippen LogP contribution in [0.25, 0.3) is 0 Å². The van der Waals surface area contributed by atoms with Crippen LogP contribution in [0, 0.1) is 0 Å². The van der Waals surface area contributed by atoms with Crippen molar-refractivity contribution in [1.82, 2.24) is 14.9 Å². The molecule has 94 valence electrons. The van der Waals surface area contributed by atoms with Gasteiger partial charge in [-0.25, -0.2) is 4.98 Å². The summed E-state index contributed by atoms with van der Waals surface area (Å²) >= 11 is 0. The van der Waals surface area contributed by atoms with Crippen LogP contribution >= 0.6 is 0 Å². The van der Waals surface area contributed by atoms with Crippen LogP contribution in [-0.2, 0) is 23.2 Å². The fourth-order valence-electron chi connectivity index (χ4n) is 1.25. The minimum atomic E-state index is -1.09.